The van der Waals surface area contributed by atoms with E-state index in [1.807, 2.05) is 75.4 Å². The molecule has 4 aromatic rings. The van der Waals surface area contributed by atoms with E-state index in [4.69, 9.17) is 14.8 Å². The lowest BCUT2D eigenvalue weighted by molar-refractivity contribution is 0.416. The van der Waals surface area contributed by atoms with Crippen LogP contribution in [0.25, 0.3) is 0 Å². The van der Waals surface area contributed by atoms with Gasteiger partial charge in [-0.15, -0.1) is 4.08 Å². The quantitative estimate of drug-likeness (QED) is 0.195. The van der Waals surface area contributed by atoms with Gasteiger partial charge in [0, 0.05) is 5.69 Å². The summed E-state index contributed by atoms with van der Waals surface area (Å²) in [4.78, 5) is 0.150. The molecule has 0 atom stereocenters. The number of nitrogens with zero attached hydrogens (tertiary/aromatic N) is 1. The highest BCUT2D eigenvalue weighted by Crippen LogP contribution is 2.49. The maximum Gasteiger partial charge on any atom is 0.399 e. The number of aryl methyl sites for hydroxylation is 3. The molecule has 0 radical (unpaired) electrons. The molecule has 0 fully saturated rings. The van der Waals surface area contributed by atoms with Gasteiger partial charge in [0.05, 0.1) is 11.4 Å². The van der Waals surface area contributed by atoms with Crippen LogP contribution in [0.3, 0.4) is 0 Å². The zero-order valence-electron chi connectivity index (χ0n) is 20.5. The average Bonchev–Trinajstić information content (AvgIpc) is 2.86. The Morgan fingerprint density at radius 2 is 1.22 bits per heavy atom. The minimum absolute atomic E-state index is 0.0215. The summed E-state index contributed by atoms with van der Waals surface area (Å²) in [6.07, 6.45) is 0. The summed E-state index contributed by atoms with van der Waals surface area (Å²) in [6, 6.07) is 28.9. The Kier molecular flexibility index (Phi) is 7.94. The van der Waals surface area contributed by atoms with Crippen molar-refractivity contribution in [1.29, 1.82) is 0 Å². The zero-order chi connectivity index (χ0) is 25.7. The van der Waals surface area contributed by atoms with Gasteiger partial charge in [0.1, 0.15) is 11.5 Å². The Bertz CT molecular complexity index is 1390. The van der Waals surface area contributed by atoms with Gasteiger partial charge in [-0.3, -0.25) is 0 Å². The molecule has 2 N–H and O–H groups in total. The fourth-order valence-electron chi connectivity index (χ4n) is 3.48. The molecule has 0 aliphatic carbocycles. The van der Waals surface area contributed by atoms with Crippen LogP contribution >= 0.6 is 8.53 Å². The molecule has 0 aromatic heterocycles. The minimum Gasteiger partial charge on any atom is -0.426 e. The highest BCUT2D eigenvalue weighted by Gasteiger charge is 2.38. The molecular formula is C28H29N2O4PS. The average molecular weight is 521 g/mol. The predicted octanol–water partition coefficient (Wildman–Crippen LogP) is 6.77. The molecule has 4 aromatic carbocycles. The zero-order valence-corrected chi connectivity index (χ0v) is 22.2. The molecule has 8 heteroatoms. The van der Waals surface area contributed by atoms with Crippen molar-refractivity contribution in [3.63, 3.8) is 0 Å². The first-order chi connectivity index (χ1) is 17.3. The van der Waals surface area contributed by atoms with E-state index in [2.05, 4.69) is 0 Å². The van der Waals surface area contributed by atoms with E-state index in [-0.39, 0.29) is 11.4 Å². The number of hydrogen-bond donors (Lipinski definition) is 1. The number of sulfonamides is 1. The van der Waals surface area contributed by atoms with E-state index in [1.165, 1.54) is 4.08 Å². The van der Waals surface area contributed by atoms with Gasteiger partial charge in [-0.05, 0) is 67.8 Å². The van der Waals surface area contributed by atoms with E-state index in [1.54, 1.807) is 42.5 Å². The van der Waals surface area contributed by atoms with Gasteiger partial charge in [0.25, 0.3) is 10.0 Å². The minimum atomic E-state index is -4.04. The van der Waals surface area contributed by atoms with Gasteiger partial charge in [0.15, 0.2) is 0 Å². The summed E-state index contributed by atoms with van der Waals surface area (Å²) in [7, 11) is -6.22. The van der Waals surface area contributed by atoms with Crippen LogP contribution in [0.4, 0.5) is 5.69 Å². The van der Waals surface area contributed by atoms with E-state index < -0.39 is 18.5 Å². The lowest BCUT2D eigenvalue weighted by atomic mass is 10.2. The maximum absolute atomic E-state index is 14.1. The second-order valence-electron chi connectivity index (χ2n) is 8.45. The summed E-state index contributed by atoms with van der Waals surface area (Å²) in [5, 5.41) is 0. The van der Waals surface area contributed by atoms with Crippen LogP contribution in [0.1, 0.15) is 22.3 Å². The number of anilines is 1. The summed E-state index contributed by atoms with van der Waals surface area (Å²) in [5.41, 5.74) is 10.1. The monoisotopic (exact) mass is 520 g/mol. The molecule has 186 valence electrons. The molecule has 0 spiro atoms. The van der Waals surface area contributed by atoms with Gasteiger partial charge >= 0.3 is 8.53 Å². The Morgan fingerprint density at radius 3 is 1.75 bits per heavy atom. The van der Waals surface area contributed by atoms with Crippen LogP contribution in [0, 0.1) is 20.8 Å². The molecule has 0 aliphatic heterocycles. The van der Waals surface area contributed by atoms with Crippen molar-refractivity contribution >= 4 is 24.2 Å². The fraction of sp³-hybridized carbons (Fsp3) is 0.143. The van der Waals surface area contributed by atoms with Crippen molar-refractivity contribution in [2.24, 2.45) is 0 Å². The van der Waals surface area contributed by atoms with Gasteiger partial charge in [-0.25, -0.2) is 8.42 Å². The number of benzene rings is 4. The lowest BCUT2D eigenvalue weighted by Crippen LogP contribution is -2.30. The molecule has 0 unspecified atom stereocenters. The molecule has 0 saturated carbocycles. The smallest absolute Gasteiger partial charge is 0.399 e. The number of para-hydroxylation sites is 3. The maximum atomic E-state index is 14.1. The predicted molar refractivity (Wildman–Crippen MR) is 145 cm³/mol. The molecule has 0 saturated heterocycles. The summed E-state index contributed by atoms with van der Waals surface area (Å²) in [6.45, 7) is 5.70. The first kappa shape index (κ1) is 25.7. The first-order valence-corrected chi connectivity index (χ1v) is 14.0. The molecule has 0 aliphatic rings. The van der Waals surface area contributed by atoms with Gasteiger partial charge in [0.2, 0.25) is 0 Å². The highest BCUT2D eigenvalue weighted by atomic mass is 32.2. The Balaban J connectivity index is 1.85. The molecule has 0 amide bonds. The van der Waals surface area contributed by atoms with Gasteiger partial charge in [-0.2, -0.15) is 0 Å². The third-order valence-electron chi connectivity index (χ3n) is 5.68. The number of rotatable bonds is 9. The highest BCUT2D eigenvalue weighted by molar-refractivity contribution is 7.93. The first-order valence-electron chi connectivity index (χ1n) is 11.5. The summed E-state index contributed by atoms with van der Waals surface area (Å²) < 4.78 is 42.2. The van der Waals surface area contributed by atoms with Gasteiger partial charge in [-0.1, -0.05) is 72.3 Å². The third-order valence-corrected chi connectivity index (χ3v) is 9.49. The van der Waals surface area contributed by atoms with Crippen molar-refractivity contribution in [2.45, 2.75) is 32.2 Å². The SMILES string of the molecule is Cc1ccc(S(=O)(=O)N(Cc2ccccc2N)P(Oc2ccccc2C)Oc2ccccc2C)cc1. The Hall–Kier alpha value is -3.38. The van der Waals surface area contributed by atoms with E-state index in [9.17, 15) is 8.42 Å². The third kappa shape index (κ3) is 5.88. The van der Waals surface area contributed by atoms with Crippen LogP contribution in [0.2, 0.25) is 0 Å². The normalized spacial score (nSPS) is 11.6. The summed E-state index contributed by atoms with van der Waals surface area (Å²) >= 11 is 0. The molecule has 4 rings (SSSR count). The van der Waals surface area contributed by atoms with Gasteiger partial charge < -0.3 is 14.8 Å². The molecule has 36 heavy (non-hydrogen) atoms. The fourth-order valence-corrected chi connectivity index (χ4v) is 6.93. The molecule has 6 nitrogen and oxygen atoms in total. The summed E-state index contributed by atoms with van der Waals surface area (Å²) in [5.74, 6) is 1.09. The van der Waals surface area contributed by atoms with E-state index >= 15 is 0 Å². The van der Waals surface area contributed by atoms with Crippen molar-refractivity contribution in [3.05, 3.63) is 119 Å². The van der Waals surface area contributed by atoms with Crippen molar-refractivity contribution < 1.29 is 17.5 Å². The number of nitrogen functional groups attached to an aromatic ring is 1. The molecular weight excluding hydrogens is 491 g/mol. The van der Waals surface area contributed by atoms with Crippen LogP contribution in [0.15, 0.2) is 102 Å². The van der Waals surface area contributed by atoms with Crippen LogP contribution in [-0.4, -0.2) is 12.5 Å². The largest absolute Gasteiger partial charge is 0.426 e. The van der Waals surface area contributed by atoms with Crippen molar-refractivity contribution in [1.82, 2.24) is 4.08 Å². The lowest BCUT2D eigenvalue weighted by Gasteiger charge is -2.30. The molecule has 0 bridgehead atoms. The molecule has 0 heterocycles. The van der Waals surface area contributed by atoms with Crippen LogP contribution in [0.5, 0.6) is 11.5 Å². The van der Waals surface area contributed by atoms with E-state index in [0.29, 0.717) is 22.7 Å². The van der Waals surface area contributed by atoms with Crippen LogP contribution in [-0.2, 0) is 16.6 Å². The van der Waals surface area contributed by atoms with E-state index in [0.717, 1.165) is 16.7 Å². The second-order valence-corrected chi connectivity index (χ2v) is 11.9. The number of hydrogen-bond acceptors (Lipinski definition) is 5. The number of nitrogens with two attached hydrogens (primary N) is 1. The van der Waals surface area contributed by atoms with Crippen molar-refractivity contribution in [2.75, 3.05) is 5.73 Å². The standard InChI is InChI=1S/C28H29N2O4PS/c1-21-16-18-25(19-17-21)36(31,32)30(20-24-12-6-7-13-26(24)29)35(33-27-14-8-4-10-22(27)2)34-28-15-9-5-11-23(28)3/h4-19H,20,29H2,1-3H3. The Labute approximate surface area is 214 Å². The Morgan fingerprint density at radius 1 is 0.722 bits per heavy atom. The second kappa shape index (κ2) is 11.1. The van der Waals surface area contributed by atoms with Crippen LogP contribution < -0.4 is 14.8 Å². The topological polar surface area (TPSA) is 81.9 Å². The van der Waals surface area contributed by atoms with Crippen molar-refractivity contribution in [3.8, 4) is 11.5 Å².